The molecule has 23 heavy (non-hydrogen) atoms. The van der Waals surface area contributed by atoms with E-state index >= 15 is 0 Å². The Balaban J connectivity index is 1.94. The Bertz CT molecular complexity index is 942. The molecule has 0 unspecified atom stereocenters. The SMILES string of the molecule is CC(C)NC(=O)CCn1cnc2c([nH]c3ccc(Br)cc32)c1=O. The Hall–Kier alpha value is -2.15. The number of amides is 1. The third kappa shape index (κ3) is 3.14. The molecule has 0 atom stereocenters. The summed E-state index contributed by atoms with van der Waals surface area (Å²) in [6.07, 6.45) is 1.75. The molecule has 0 aliphatic carbocycles. The first kappa shape index (κ1) is 15.7. The Morgan fingerprint density at radius 1 is 1.43 bits per heavy atom. The van der Waals surface area contributed by atoms with Crippen LogP contribution in [-0.4, -0.2) is 26.5 Å². The van der Waals surface area contributed by atoms with E-state index in [9.17, 15) is 9.59 Å². The molecule has 0 aliphatic heterocycles. The first-order valence-corrected chi connectivity index (χ1v) is 8.21. The second kappa shape index (κ2) is 6.16. The van der Waals surface area contributed by atoms with Crippen molar-refractivity contribution in [2.75, 3.05) is 0 Å². The highest BCUT2D eigenvalue weighted by Gasteiger charge is 2.12. The van der Waals surface area contributed by atoms with Crippen molar-refractivity contribution in [1.29, 1.82) is 0 Å². The molecule has 2 aromatic heterocycles. The van der Waals surface area contributed by atoms with Gasteiger partial charge in [0.1, 0.15) is 11.0 Å². The van der Waals surface area contributed by atoms with Gasteiger partial charge in [0, 0.05) is 34.4 Å². The third-order valence-electron chi connectivity index (χ3n) is 3.56. The van der Waals surface area contributed by atoms with Crippen molar-refractivity contribution >= 4 is 43.8 Å². The molecule has 3 aromatic rings. The third-order valence-corrected chi connectivity index (χ3v) is 4.06. The molecular formula is C16H17BrN4O2. The molecule has 1 amide bonds. The van der Waals surface area contributed by atoms with E-state index in [0.717, 1.165) is 15.4 Å². The smallest absolute Gasteiger partial charge is 0.277 e. The van der Waals surface area contributed by atoms with Gasteiger partial charge in [0.2, 0.25) is 5.91 Å². The number of nitrogens with zero attached hydrogens (tertiary/aromatic N) is 2. The quantitative estimate of drug-likeness (QED) is 0.734. The summed E-state index contributed by atoms with van der Waals surface area (Å²) in [6, 6.07) is 5.83. The highest BCUT2D eigenvalue weighted by Crippen LogP contribution is 2.24. The lowest BCUT2D eigenvalue weighted by atomic mass is 10.2. The lowest BCUT2D eigenvalue weighted by molar-refractivity contribution is -0.121. The van der Waals surface area contributed by atoms with Crippen LogP contribution >= 0.6 is 15.9 Å². The number of rotatable bonds is 4. The number of aromatic nitrogens is 3. The zero-order chi connectivity index (χ0) is 16.6. The molecule has 0 spiro atoms. The molecule has 0 fully saturated rings. The predicted molar refractivity (Wildman–Crippen MR) is 93.5 cm³/mol. The molecule has 1 aromatic carbocycles. The molecule has 0 saturated heterocycles. The molecule has 3 rings (SSSR count). The van der Waals surface area contributed by atoms with Crippen LogP contribution in [0.4, 0.5) is 0 Å². The van der Waals surface area contributed by atoms with Gasteiger partial charge < -0.3 is 10.3 Å². The minimum absolute atomic E-state index is 0.0763. The van der Waals surface area contributed by atoms with E-state index in [0.29, 0.717) is 17.6 Å². The first-order valence-electron chi connectivity index (χ1n) is 7.41. The molecule has 2 heterocycles. The van der Waals surface area contributed by atoms with E-state index in [1.165, 1.54) is 10.9 Å². The van der Waals surface area contributed by atoms with Gasteiger partial charge in [0.05, 0.1) is 6.33 Å². The van der Waals surface area contributed by atoms with E-state index in [4.69, 9.17) is 0 Å². The largest absolute Gasteiger partial charge is 0.354 e. The Labute approximate surface area is 141 Å². The van der Waals surface area contributed by atoms with E-state index in [-0.39, 0.29) is 23.9 Å². The van der Waals surface area contributed by atoms with Crippen LogP contribution in [0.25, 0.3) is 21.9 Å². The fourth-order valence-corrected chi connectivity index (χ4v) is 2.90. The predicted octanol–water partition coefficient (Wildman–Crippen LogP) is 2.55. The van der Waals surface area contributed by atoms with Crippen LogP contribution < -0.4 is 10.9 Å². The maximum absolute atomic E-state index is 12.6. The lowest BCUT2D eigenvalue weighted by Crippen LogP contribution is -2.32. The van der Waals surface area contributed by atoms with Crippen molar-refractivity contribution in [2.45, 2.75) is 32.9 Å². The summed E-state index contributed by atoms with van der Waals surface area (Å²) >= 11 is 3.43. The molecule has 0 radical (unpaired) electrons. The zero-order valence-corrected chi connectivity index (χ0v) is 14.5. The highest BCUT2D eigenvalue weighted by atomic mass is 79.9. The van der Waals surface area contributed by atoms with Gasteiger partial charge in [-0.3, -0.25) is 14.2 Å². The monoisotopic (exact) mass is 376 g/mol. The second-order valence-corrected chi connectivity index (χ2v) is 6.67. The van der Waals surface area contributed by atoms with Gasteiger partial charge in [-0.05, 0) is 32.0 Å². The maximum Gasteiger partial charge on any atom is 0.277 e. The van der Waals surface area contributed by atoms with Gasteiger partial charge in [0.15, 0.2) is 0 Å². The van der Waals surface area contributed by atoms with Crippen LogP contribution in [0.3, 0.4) is 0 Å². The molecule has 0 saturated carbocycles. The lowest BCUT2D eigenvalue weighted by Gasteiger charge is -2.09. The number of H-pyrrole nitrogens is 1. The van der Waals surface area contributed by atoms with Crippen molar-refractivity contribution in [1.82, 2.24) is 19.9 Å². The summed E-state index contributed by atoms with van der Waals surface area (Å²) in [5.41, 5.74) is 1.81. The summed E-state index contributed by atoms with van der Waals surface area (Å²) in [5, 5.41) is 3.71. The van der Waals surface area contributed by atoms with Crippen LogP contribution in [0.2, 0.25) is 0 Å². The van der Waals surface area contributed by atoms with E-state index in [1.54, 1.807) is 0 Å². The van der Waals surface area contributed by atoms with E-state index < -0.39 is 0 Å². The summed E-state index contributed by atoms with van der Waals surface area (Å²) in [7, 11) is 0. The number of hydrogen-bond acceptors (Lipinski definition) is 3. The van der Waals surface area contributed by atoms with Gasteiger partial charge >= 0.3 is 0 Å². The fourth-order valence-electron chi connectivity index (χ4n) is 2.54. The van der Waals surface area contributed by atoms with Gasteiger partial charge in [-0.2, -0.15) is 0 Å². The number of hydrogen-bond donors (Lipinski definition) is 2. The Morgan fingerprint density at radius 2 is 2.22 bits per heavy atom. The van der Waals surface area contributed by atoms with Gasteiger partial charge in [0.25, 0.3) is 5.56 Å². The van der Waals surface area contributed by atoms with Crippen molar-refractivity contribution in [3.8, 4) is 0 Å². The van der Waals surface area contributed by atoms with Crippen molar-refractivity contribution in [3.05, 3.63) is 39.4 Å². The van der Waals surface area contributed by atoms with Gasteiger partial charge in [-0.1, -0.05) is 15.9 Å². The van der Waals surface area contributed by atoms with Crippen molar-refractivity contribution in [3.63, 3.8) is 0 Å². The van der Waals surface area contributed by atoms with Gasteiger partial charge in [-0.15, -0.1) is 0 Å². The van der Waals surface area contributed by atoms with Crippen LogP contribution in [0.15, 0.2) is 33.8 Å². The molecule has 6 nitrogen and oxygen atoms in total. The average Bonchev–Trinajstić information content (AvgIpc) is 2.85. The second-order valence-electron chi connectivity index (χ2n) is 5.75. The minimum atomic E-state index is -0.167. The first-order chi connectivity index (χ1) is 11.0. The summed E-state index contributed by atoms with van der Waals surface area (Å²) in [5.74, 6) is -0.0763. The summed E-state index contributed by atoms with van der Waals surface area (Å²) in [4.78, 5) is 31.8. The number of carbonyl (C=O) groups is 1. The van der Waals surface area contributed by atoms with E-state index in [1.807, 2.05) is 32.0 Å². The van der Waals surface area contributed by atoms with Crippen LogP contribution in [-0.2, 0) is 11.3 Å². The molecular weight excluding hydrogens is 360 g/mol. The topological polar surface area (TPSA) is 79.8 Å². The molecule has 120 valence electrons. The summed E-state index contributed by atoms with van der Waals surface area (Å²) < 4.78 is 2.40. The standard InChI is InChI=1S/C16H17BrN4O2/c1-9(2)19-13(22)5-6-21-8-18-14-11-7-10(17)3-4-12(11)20-15(14)16(21)23/h3-4,7-9,20H,5-6H2,1-2H3,(H,19,22). The molecule has 0 bridgehead atoms. The number of aryl methyl sites for hydroxylation is 1. The number of benzene rings is 1. The number of carbonyl (C=O) groups excluding carboxylic acids is 1. The van der Waals surface area contributed by atoms with Crippen LogP contribution in [0.1, 0.15) is 20.3 Å². The normalized spacial score (nSPS) is 11.5. The van der Waals surface area contributed by atoms with Crippen molar-refractivity contribution < 1.29 is 4.79 Å². The minimum Gasteiger partial charge on any atom is -0.354 e. The summed E-state index contributed by atoms with van der Waals surface area (Å²) in [6.45, 7) is 4.11. The van der Waals surface area contributed by atoms with Crippen LogP contribution in [0, 0.1) is 0 Å². The van der Waals surface area contributed by atoms with Crippen molar-refractivity contribution in [2.24, 2.45) is 0 Å². The number of aromatic amines is 1. The maximum atomic E-state index is 12.6. The van der Waals surface area contributed by atoms with E-state index in [2.05, 4.69) is 31.2 Å². The number of fused-ring (bicyclic) bond motifs is 3. The van der Waals surface area contributed by atoms with Crippen LogP contribution in [0.5, 0.6) is 0 Å². The fraction of sp³-hybridized carbons (Fsp3) is 0.312. The number of halogens is 1. The molecule has 7 heteroatoms. The molecule has 2 N–H and O–H groups in total. The Kier molecular flexibility index (Phi) is 4.21. The Morgan fingerprint density at radius 3 is 2.96 bits per heavy atom. The zero-order valence-electron chi connectivity index (χ0n) is 12.9. The number of nitrogens with one attached hydrogen (secondary N) is 2. The van der Waals surface area contributed by atoms with Gasteiger partial charge in [-0.25, -0.2) is 4.98 Å². The average molecular weight is 377 g/mol. The molecule has 0 aliphatic rings. The highest BCUT2D eigenvalue weighted by molar-refractivity contribution is 9.10.